The van der Waals surface area contributed by atoms with Gasteiger partial charge in [0.25, 0.3) is 0 Å². The number of hydrogen-bond acceptors (Lipinski definition) is 2. The lowest BCUT2D eigenvalue weighted by atomic mass is 10.6. The predicted molar refractivity (Wildman–Crippen MR) is 32.5 cm³/mol. The molecule has 2 nitrogen and oxygen atoms in total. The van der Waals surface area contributed by atoms with Gasteiger partial charge in [-0.05, 0) is 6.42 Å². The lowest BCUT2D eigenvalue weighted by Gasteiger charge is -1.57. The molecule has 7 heavy (non-hydrogen) atoms. The van der Waals surface area contributed by atoms with Crippen molar-refractivity contribution in [3.05, 3.63) is 0 Å². The van der Waals surface area contributed by atoms with Crippen molar-refractivity contribution in [1.82, 2.24) is 0 Å². The molecule has 0 radical (unpaired) electrons. The van der Waals surface area contributed by atoms with E-state index in [-0.39, 0.29) is 12.4 Å². The summed E-state index contributed by atoms with van der Waals surface area (Å²) in [7, 11) is -1.94. The molecule has 0 bridgehead atoms. The van der Waals surface area contributed by atoms with Crippen molar-refractivity contribution in [2.24, 2.45) is 0 Å². The van der Waals surface area contributed by atoms with Crippen LogP contribution in [0.5, 0.6) is 0 Å². The molecular formula is C3H7ClO2S. The van der Waals surface area contributed by atoms with E-state index in [1.165, 1.54) is 5.37 Å². The average Bonchev–Trinajstić information content (AvgIpc) is 1.35. The van der Waals surface area contributed by atoms with Crippen LogP contribution in [0.2, 0.25) is 0 Å². The molecule has 0 aliphatic heterocycles. The third-order valence-corrected chi connectivity index (χ3v) is 0.908. The van der Waals surface area contributed by atoms with Crippen molar-refractivity contribution in [3.8, 4) is 0 Å². The minimum absolute atomic E-state index is 0. The van der Waals surface area contributed by atoms with Gasteiger partial charge in [0.1, 0.15) is 0 Å². The van der Waals surface area contributed by atoms with E-state index >= 15 is 0 Å². The molecule has 0 heterocycles. The highest BCUT2D eigenvalue weighted by molar-refractivity contribution is 7.71. The van der Waals surface area contributed by atoms with Crippen molar-refractivity contribution in [3.63, 3.8) is 0 Å². The second kappa shape index (κ2) is 5.98. The van der Waals surface area contributed by atoms with Crippen LogP contribution < -0.4 is 0 Å². The van der Waals surface area contributed by atoms with E-state index in [4.69, 9.17) is 0 Å². The summed E-state index contributed by atoms with van der Waals surface area (Å²) in [5.74, 6) is 0. The molecule has 0 N–H and O–H groups in total. The molecule has 0 fully saturated rings. The Labute approximate surface area is 50.5 Å². The van der Waals surface area contributed by atoms with Gasteiger partial charge in [-0.3, -0.25) is 0 Å². The van der Waals surface area contributed by atoms with E-state index in [9.17, 15) is 8.42 Å². The van der Waals surface area contributed by atoms with Crippen molar-refractivity contribution >= 4 is 28.1 Å². The standard InChI is InChI=1S/C3H6O2S.ClH/c1-2-3-6(4)5;/h3H,2H2,1H3;1H. The Bertz CT molecular complexity index is 127. The van der Waals surface area contributed by atoms with Gasteiger partial charge >= 0.3 is 0 Å². The lowest BCUT2D eigenvalue weighted by Crippen LogP contribution is -1.65. The molecule has 0 saturated carbocycles. The molecule has 0 aromatic carbocycles. The Hall–Kier alpha value is -0.0200. The SMILES string of the molecule is CCC=S(=O)=O.Cl. The smallest absolute Gasteiger partial charge is 0.185 e. The third-order valence-electron chi connectivity index (χ3n) is 0.303. The van der Waals surface area contributed by atoms with Crippen molar-refractivity contribution in [1.29, 1.82) is 0 Å². The zero-order chi connectivity index (χ0) is 4.99. The first-order valence-electron chi connectivity index (χ1n) is 1.68. The van der Waals surface area contributed by atoms with Crippen LogP contribution in [-0.4, -0.2) is 13.8 Å². The number of rotatable bonds is 1. The van der Waals surface area contributed by atoms with Gasteiger partial charge in [-0.1, -0.05) is 6.92 Å². The fourth-order valence-corrected chi connectivity index (χ4v) is 0.408. The summed E-state index contributed by atoms with van der Waals surface area (Å²) in [5, 5.41) is 1.21. The summed E-state index contributed by atoms with van der Waals surface area (Å²) in [5.41, 5.74) is 0. The van der Waals surface area contributed by atoms with Crippen LogP contribution >= 0.6 is 12.4 Å². The molecule has 0 unspecified atom stereocenters. The average molecular weight is 143 g/mol. The zero-order valence-electron chi connectivity index (χ0n) is 3.92. The van der Waals surface area contributed by atoms with Gasteiger partial charge in [-0.25, -0.2) is 0 Å². The maximum absolute atomic E-state index is 9.54. The highest BCUT2D eigenvalue weighted by atomic mass is 35.5. The molecule has 4 heteroatoms. The summed E-state index contributed by atoms with van der Waals surface area (Å²) in [6, 6.07) is 0. The molecule has 0 spiro atoms. The number of hydrogen-bond donors (Lipinski definition) is 0. The van der Waals surface area contributed by atoms with Gasteiger partial charge in [-0.2, -0.15) is 8.42 Å². The molecule has 0 aliphatic rings. The van der Waals surface area contributed by atoms with Gasteiger partial charge in [0, 0.05) is 5.37 Å². The fourth-order valence-electron chi connectivity index (χ4n) is 0.136. The van der Waals surface area contributed by atoms with Crippen molar-refractivity contribution < 1.29 is 8.42 Å². The van der Waals surface area contributed by atoms with Gasteiger partial charge < -0.3 is 0 Å². The monoisotopic (exact) mass is 142 g/mol. The molecule has 44 valence electrons. The van der Waals surface area contributed by atoms with E-state index in [1.807, 2.05) is 0 Å². The van der Waals surface area contributed by atoms with Gasteiger partial charge in [-0.15, -0.1) is 12.4 Å². The van der Waals surface area contributed by atoms with Crippen LogP contribution in [-0.2, 0) is 10.3 Å². The van der Waals surface area contributed by atoms with Crippen LogP contribution in [0.1, 0.15) is 13.3 Å². The van der Waals surface area contributed by atoms with E-state index in [2.05, 4.69) is 0 Å². The topological polar surface area (TPSA) is 34.1 Å². The Morgan fingerprint density at radius 1 is 1.57 bits per heavy atom. The molecule has 0 rings (SSSR count). The van der Waals surface area contributed by atoms with Crippen LogP contribution in [0.15, 0.2) is 0 Å². The lowest BCUT2D eigenvalue weighted by molar-refractivity contribution is 0.627. The molecule has 0 atom stereocenters. The van der Waals surface area contributed by atoms with E-state index in [0.29, 0.717) is 6.42 Å². The fraction of sp³-hybridized carbons (Fsp3) is 0.667. The normalized spacial score (nSPS) is 6.43. The molecule has 0 aliphatic carbocycles. The molecular weight excluding hydrogens is 136 g/mol. The molecule has 0 aromatic heterocycles. The minimum atomic E-state index is -1.94. The summed E-state index contributed by atoms with van der Waals surface area (Å²) >= 11 is 0. The first-order valence-corrected chi connectivity index (χ1v) is 2.82. The summed E-state index contributed by atoms with van der Waals surface area (Å²) in [4.78, 5) is 0. The molecule has 0 saturated heterocycles. The van der Waals surface area contributed by atoms with Crippen LogP contribution in [0.4, 0.5) is 0 Å². The summed E-state index contributed by atoms with van der Waals surface area (Å²) in [6.45, 7) is 1.77. The predicted octanol–water partition coefficient (Wildman–Crippen LogP) is 0.500. The van der Waals surface area contributed by atoms with E-state index < -0.39 is 10.3 Å². The maximum Gasteiger partial charge on any atom is 0.209 e. The minimum Gasteiger partial charge on any atom is -0.185 e. The Balaban J connectivity index is 0. The van der Waals surface area contributed by atoms with E-state index in [1.54, 1.807) is 6.92 Å². The number of halogens is 1. The van der Waals surface area contributed by atoms with Gasteiger partial charge in [0.2, 0.25) is 10.3 Å². The van der Waals surface area contributed by atoms with Gasteiger partial charge in [0.05, 0.1) is 0 Å². The first-order chi connectivity index (χ1) is 2.77. The quantitative estimate of drug-likeness (QED) is 0.500. The summed E-state index contributed by atoms with van der Waals surface area (Å²) in [6.07, 6.45) is 0.593. The van der Waals surface area contributed by atoms with Crippen LogP contribution in [0, 0.1) is 0 Å². The maximum atomic E-state index is 9.54. The van der Waals surface area contributed by atoms with Crippen LogP contribution in [0.3, 0.4) is 0 Å². The Morgan fingerprint density at radius 2 is 2.00 bits per heavy atom. The first kappa shape index (κ1) is 10.1. The zero-order valence-corrected chi connectivity index (χ0v) is 5.55. The highest BCUT2D eigenvalue weighted by Crippen LogP contribution is 1.57. The van der Waals surface area contributed by atoms with Crippen molar-refractivity contribution in [2.45, 2.75) is 13.3 Å². The Kier molecular flexibility index (Phi) is 8.60. The Morgan fingerprint density at radius 3 is 2.00 bits per heavy atom. The highest BCUT2D eigenvalue weighted by Gasteiger charge is 1.61. The van der Waals surface area contributed by atoms with E-state index in [0.717, 1.165) is 0 Å². The van der Waals surface area contributed by atoms with Crippen molar-refractivity contribution in [2.75, 3.05) is 0 Å². The molecule has 0 aromatic rings. The summed E-state index contributed by atoms with van der Waals surface area (Å²) < 4.78 is 19.1. The second-order valence-electron chi connectivity index (χ2n) is 0.835. The molecule has 0 amide bonds. The second-order valence-corrected chi connectivity index (χ2v) is 1.69. The van der Waals surface area contributed by atoms with Gasteiger partial charge in [0.15, 0.2) is 0 Å². The van der Waals surface area contributed by atoms with Crippen LogP contribution in [0.25, 0.3) is 0 Å². The largest absolute Gasteiger partial charge is 0.209 e. The third kappa shape index (κ3) is 10.7.